The number of allylic oxidation sites excluding steroid dienone is 4. The Labute approximate surface area is 206 Å². The molecular weight excluding hydrogens is 426 g/mol. The average molecular weight is 470 g/mol. The van der Waals surface area contributed by atoms with Gasteiger partial charge in [-0.05, 0) is 84.2 Å². The van der Waals surface area contributed by atoms with Crippen LogP contribution >= 0.6 is 0 Å². The van der Waals surface area contributed by atoms with Crippen molar-refractivity contribution < 1.29 is 18.9 Å². The van der Waals surface area contributed by atoms with Gasteiger partial charge in [0.1, 0.15) is 11.4 Å². The first-order valence-corrected chi connectivity index (χ1v) is 12.6. The van der Waals surface area contributed by atoms with E-state index in [4.69, 9.17) is 18.9 Å². The molecule has 1 aromatic rings. The molecule has 34 heavy (non-hydrogen) atoms. The van der Waals surface area contributed by atoms with Gasteiger partial charge in [0.05, 0.1) is 24.9 Å². The van der Waals surface area contributed by atoms with Gasteiger partial charge in [-0.15, -0.1) is 0 Å². The van der Waals surface area contributed by atoms with Crippen molar-refractivity contribution >= 4 is 0 Å². The number of nitrogens with zero attached hydrogens (tertiary/aromatic N) is 1. The van der Waals surface area contributed by atoms with Crippen LogP contribution in [0, 0.1) is 0 Å². The van der Waals surface area contributed by atoms with Crippen molar-refractivity contribution in [1.82, 2.24) is 4.90 Å². The first kappa shape index (κ1) is 26.4. The number of hydrogen-bond acceptors (Lipinski definition) is 5. The summed E-state index contributed by atoms with van der Waals surface area (Å²) in [5.41, 5.74) is 0.865. The largest absolute Gasteiger partial charge is 0.493 e. The highest BCUT2D eigenvalue weighted by molar-refractivity contribution is 5.43. The first-order chi connectivity index (χ1) is 16.1. The second-order valence-corrected chi connectivity index (χ2v) is 10.6. The standard InChI is InChI=1S/C29H43NO4/c1-8-9-10-11-24-19-25(33-28(4,5)6)20-29(34-24)14-16-30(17-15-29)21-23-12-13-26(32-22(2)3)27(18-23)31-7/h8-13,18-19,22,25H,14-17,20-21H2,1-7H3/b9-8-,11-10-. The zero-order valence-electron chi connectivity index (χ0n) is 22.1. The van der Waals surface area contributed by atoms with E-state index in [9.17, 15) is 0 Å². The monoisotopic (exact) mass is 469 g/mol. The molecule has 1 aromatic carbocycles. The van der Waals surface area contributed by atoms with Gasteiger partial charge in [-0.1, -0.05) is 24.3 Å². The maximum Gasteiger partial charge on any atom is 0.161 e. The van der Waals surface area contributed by atoms with Crippen LogP contribution in [0.4, 0.5) is 0 Å². The Hall–Kier alpha value is -2.24. The molecule has 5 nitrogen and oxygen atoms in total. The molecule has 1 spiro atoms. The lowest BCUT2D eigenvalue weighted by atomic mass is 9.83. The number of piperidine rings is 1. The van der Waals surface area contributed by atoms with Gasteiger partial charge in [-0.2, -0.15) is 0 Å². The number of benzene rings is 1. The van der Waals surface area contributed by atoms with Crippen molar-refractivity contribution in [2.45, 2.75) is 90.8 Å². The molecule has 0 radical (unpaired) electrons. The van der Waals surface area contributed by atoms with E-state index in [0.717, 1.165) is 56.2 Å². The van der Waals surface area contributed by atoms with E-state index in [1.54, 1.807) is 7.11 Å². The molecule has 0 N–H and O–H groups in total. The molecule has 2 aliphatic rings. The third-order valence-electron chi connectivity index (χ3n) is 6.09. The molecule has 0 bridgehead atoms. The highest BCUT2D eigenvalue weighted by atomic mass is 16.5. The lowest BCUT2D eigenvalue weighted by Crippen LogP contribution is -2.49. The number of methoxy groups -OCH3 is 1. The van der Waals surface area contributed by atoms with E-state index in [2.05, 4.69) is 50.0 Å². The minimum absolute atomic E-state index is 0.0586. The number of hydrogen-bond donors (Lipinski definition) is 0. The van der Waals surface area contributed by atoms with Crippen molar-refractivity contribution in [2.75, 3.05) is 20.2 Å². The van der Waals surface area contributed by atoms with E-state index in [0.29, 0.717) is 0 Å². The maximum atomic E-state index is 6.59. The van der Waals surface area contributed by atoms with E-state index < -0.39 is 0 Å². The first-order valence-electron chi connectivity index (χ1n) is 12.6. The van der Waals surface area contributed by atoms with Gasteiger partial charge in [0.15, 0.2) is 11.5 Å². The van der Waals surface area contributed by atoms with Crippen LogP contribution in [0.15, 0.2) is 54.3 Å². The molecule has 0 aromatic heterocycles. The minimum Gasteiger partial charge on any atom is -0.493 e. The second kappa shape index (κ2) is 11.5. The molecule has 1 atom stereocenters. The van der Waals surface area contributed by atoms with Crippen LogP contribution < -0.4 is 9.47 Å². The van der Waals surface area contributed by atoms with Crippen LogP contribution in [-0.2, 0) is 16.0 Å². The van der Waals surface area contributed by atoms with Crippen LogP contribution in [0.2, 0.25) is 0 Å². The van der Waals surface area contributed by atoms with Gasteiger partial charge in [0.2, 0.25) is 0 Å². The van der Waals surface area contributed by atoms with Gasteiger partial charge in [0, 0.05) is 26.1 Å². The van der Waals surface area contributed by atoms with Crippen molar-refractivity contribution in [2.24, 2.45) is 0 Å². The summed E-state index contributed by atoms with van der Waals surface area (Å²) in [6, 6.07) is 6.26. The SMILES string of the molecule is C/C=C\C=C/C1=CC(OC(C)(C)C)CC2(CCN(Cc3ccc(OC(C)C)c(OC)c3)CC2)O1. The summed E-state index contributed by atoms with van der Waals surface area (Å²) in [4.78, 5) is 2.50. The Bertz CT molecular complexity index is 886. The Balaban J connectivity index is 1.66. The molecule has 3 rings (SSSR count). The molecule has 0 aliphatic carbocycles. The minimum atomic E-state index is -0.191. The van der Waals surface area contributed by atoms with E-state index in [-0.39, 0.29) is 23.4 Å². The van der Waals surface area contributed by atoms with Crippen molar-refractivity contribution in [3.63, 3.8) is 0 Å². The Kier molecular flexibility index (Phi) is 8.89. The number of rotatable bonds is 8. The van der Waals surface area contributed by atoms with Crippen LogP contribution in [0.5, 0.6) is 11.5 Å². The highest BCUT2D eigenvalue weighted by Gasteiger charge is 2.42. The van der Waals surface area contributed by atoms with Crippen LogP contribution in [0.25, 0.3) is 0 Å². The van der Waals surface area contributed by atoms with Crippen LogP contribution in [0.3, 0.4) is 0 Å². The smallest absolute Gasteiger partial charge is 0.161 e. The Morgan fingerprint density at radius 3 is 2.50 bits per heavy atom. The molecular formula is C29H43NO4. The fourth-order valence-corrected chi connectivity index (χ4v) is 4.66. The molecule has 2 heterocycles. The van der Waals surface area contributed by atoms with Crippen molar-refractivity contribution in [3.05, 3.63) is 59.9 Å². The normalized spacial score (nSPS) is 21.3. The van der Waals surface area contributed by atoms with Crippen LogP contribution in [0.1, 0.15) is 66.4 Å². The van der Waals surface area contributed by atoms with Crippen molar-refractivity contribution in [1.29, 1.82) is 0 Å². The van der Waals surface area contributed by atoms with Crippen molar-refractivity contribution in [3.8, 4) is 11.5 Å². The van der Waals surface area contributed by atoms with Gasteiger partial charge in [-0.3, -0.25) is 4.90 Å². The zero-order valence-corrected chi connectivity index (χ0v) is 22.1. The molecule has 188 valence electrons. The molecule has 0 amide bonds. The summed E-state index contributed by atoms with van der Waals surface area (Å²) in [6.07, 6.45) is 13.3. The quantitative estimate of drug-likeness (QED) is 0.410. The summed E-state index contributed by atoms with van der Waals surface area (Å²) < 4.78 is 24.4. The predicted molar refractivity (Wildman–Crippen MR) is 138 cm³/mol. The lowest BCUT2D eigenvalue weighted by molar-refractivity contribution is -0.121. The van der Waals surface area contributed by atoms with Gasteiger partial charge in [0.25, 0.3) is 0 Å². The predicted octanol–water partition coefficient (Wildman–Crippen LogP) is 6.44. The summed E-state index contributed by atoms with van der Waals surface area (Å²) in [7, 11) is 1.70. The number of likely N-dealkylation sites (tertiary alicyclic amines) is 1. The molecule has 1 saturated heterocycles. The van der Waals surface area contributed by atoms with Gasteiger partial charge >= 0.3 is 0 Å². The molecule has 0 saturated carbocycles. The van der Waals surface area contributed by atoms with Crippen LogP contribution in [-0.4, -0.2) is 48.5 Å². The topological polar surface area (TPSA) is 40.2 Å². The Morgan fingerprint density at radius 1 is 1.15 bits per heavy atom. The average Bonchev–Trinajstić information content (AvgIpc) is 2.75. The molecule has 1 unspecified atom stereocenters. The lowest BCUT2D eigenvalue weighted by Gasteiger charge is -2.46. The third-order valence-corrected chi connectivity index (χ3v) is 6.09. The fraction of sp³-hybridized carbons (Fsp3) is 0.586. The Morgan fingerprint density at radius 2 is 1.88 bits per heavy atom. The highest BCUT2D eigenvalue weighted by Crippen LogP contribution is 2.39. The zero-order chi connectivity index (χ0) is 24.8. The van der Waals surface area contributed by atoms with Gasteiger partial charge < -0.3 is 18.9 Å². The summed E-state index contributed by atoms with van der Waals surface area (Å²) in [5, 5.41) is 0. The van der Waals surface area contributed by atoms with E-state index in [1.165, 1.54) is 5.56 Å². The summed E-state index contributed by atoms with van der Waals surface area (Å²) in [5.74, 6) is 2.50. The van der Waals surface area contributed by atoms with E-state index in [1.807, 2.05) is 45.1 Å². The summed E-state index contributed by atoms with van der Waals surface area (Å²) >= 11 is 0. The molecule has 1 fully saturated rings. The summed E-state index contributed by atoms with van der Waals surface area (Å²) in [6.45, 7) is 15.3. The fourth-order valence-electron chi connectivity index (χ4n) is 4.66. The van der Waals surface area contributed by atoms with Gasteiger partial charge in [-0.25, -0.2) is 0 Å². The number of ether oxygens (including phenoxy) is 4. The third kappa shape index (κ3) is 7.64. The second-order valence-electron chi connectivity index (χ2n) is 10.6. The molecule has 5 heteroatoms. The maximum absolute atomic E-state index is 6.59. The van der Waals surface area contributed by atoms with E-state index >= 15 is 0 Å². The molecule has 2 aliphatic heterocycles.